The second-order valence-corrected chi connectivity index (χ2v) is 4.02. The molecular formula is C13H17NO3. The third-order valence-electron chi connectivity index (χ3n) is 2.63. The molecule has 1 rings (SSSR count). The molecule has 1 unspecified atom stereocenters. The van der Waals surface area contributed by atoms with Gasteiger partial charge < -0.3 is 5.11 Å². The molecule has 0 aliphatic heterocycles. The number of nitro groups is 1. The van der Waals surface area contributed by atoms with Crippen molar-refractivity contribution in [3.8, 4) is 0 Å². The maximum atomic E-state index is 10.6. The van der Waals surface area contributed by atoms with Crippen LogP contribution in [-0.4, -0.2) is 10.0 Å². The van der Waals surface area contributed by atoms with Gasteiger partial charge in [-0.25, -0.2) is 0 Å². The Labute approximate surface area is 101 Å². The van der Waals surface area contributed by atoms with Gasteiger partial charge in [-0.2, -0.15) is 0 Å². The number of unbranched alkanes of at least 4 members (excludes halogenated alkanes) is 1. The fourth-order valence-electron chi connectivity index (χ4n) is 1.58. The van der Waals surface area contributed by atoms with E-state index in [1.165, 1.54) is 12.1 Å². The number of aliphatic hydroxyl groups excluding tert-OH is 1. The predicted molar refractivity (Wildman–Crippen MR) is 66.7 cm³/mol. The summed E-state index contributed by atoms with van der Waals surface area (Å²) in [4.78, 5) is 10.2. The highest BCUT2D eigenvalue weighted by molar-refractivity contribution is 5.37. The lowest BCUT2D eigenvalue weighted by atomic mass is 9.98. The van der Waals surface area contributed by atoms with Crippen molar-refractivity contribution in [2.75, 3.05) is 0 Å². The number of nitrogens with zero attached hydrogens (tertiary/aromatic N) is 1. The van der Waals surface area contributed by atoms with Crippen molar-refractivity contribution in [2.45, 2.75) is 32.3 Å². The highest BCUT2D eigenvalue weighted by Gasteiger charge is 2.14. The van der Waals surface area contributed by atoms with E-state index in [0.717, 1.165) is 19.3 Å². The number of hydrogen-bond donors (Lipinski definition) is 1. The Hall–Kier alpha value is -1.68. The molecule has 1 aromatic carbocycles. The van der Waals surface area contributed by atoms with Gasteiger partial charge in [0.25, 0.3) is 5.69 Å². The van der Waals surface area contributed by atoms with Crippen molar-refractivity contribution in [3.05, 3.63) is 52.1 Å². The Bertz CT molecular complexity index is 415. The normalized spacial score (nSPS) is 12.1. The molecule has 0 aliphatic carbocycles. The molecule has 17 heavy (non-hydrogen) atoms. The van der Waals surface area contributed by atoms with Crippen LogP contribution in [0.2, 0.25) is 0 Å². The van der Waals surface area contributed by atoms with Gasteiger partial charge in [0.05, 0.1) is 4.92 Å². The molecule has 0 saturated heterocycles. The Kier molecular flexibility index (Phi) is 4.84. The molecule has 4 heteroatoms. The van der Waals surface area contributed by atoms with Crippen molar-refractivity contribution in [3.63, 3.8) is 0 Å². The third kappa shape index (κ3) is 3.67. The highest BCUT2D eigenvalue weighted by Crippen LogP contribution is 2.26. The lowest BCUT2D eigenvalue weighted by molar-refractivity contribution is -0.385. The molecule has 0 spiro atoms. The summed E-state index contributed by atoms with van der Waals surface area (Å²) >= 11 is 0. The van der Waals surface area contributed by atoms with Gasteiger partial charge in [0.15, 0.2) is 0 Å². The minimum Gasteiger partial charge on any atom is -0.384 e. The van der Waals surface area contributed by atoms with Gasteiger partial charge in [0, 0.05) is 12.1 Å². The molecule has 1 atom stereocenters. The summed E-state index contributed by atoms with van der Waals surface area (Å²) in [5.41, 5.74) is 1.22. The number of rotatable bonds is 6. The van der Waals surface area contributed by atoms with E-state index < -0.39 is 11.0 Å². The van der Waals surface area contributed by atoms with Crippen LogP contribution in [0.1, 0.15) is 37.9 Å². The SMILES string of the molecule is C=C(CCCC)C(O)c1cccc([N+](=O)[O-])c1. The summed E-state index contributed by atoms with van der Waals surface area (Å²) in [5, 5.41) is 20.6. The summed E-state index contributed by atoms with van der Waals surface area (Å²) in [6, 6.07) is 6.05. The highest BCUT2D eigenvalue weighted by atomic mass is 16.6. The second kappa shape index (κ2) is 6.15. The Balaban J connectivity index is 2.81. The van der Waals surface area contributed by atoms with Crippen LogP contribution in [0.3, 0.4) is 0 Å². The predicted octanol–water partition coefficient (Wildman–Crippen LogP) is 3.37. The first-order valence-electron chi connectivity index (χ1n) is 5.66. The molecule has 0 fully saturated rings. The second-order valence-electron chi connectivity index (χ2n) is 4.02. The van der Waals surface area contributed by atoms with E-state index >= 15 is 0 Å². The molecular weight excluding hydrogens is 218 g/mol. The molecule has 0 bridgehead atoms. The average Bonchev–Trinajstić information content (AvgIpc) is 2.35. The molecule has 0 amide bonds. The minimum absolute atomic E-state index is 0.00941. The Morgan fingerprint density at radius 1 is 1.59 bits per heavy atom. The summed E-state index contributed by atoms with van der Waals surface area (Å²) in [5.74, 6) is 0. The van der Waals surface area contributed by atoms with E-state index in [9.17, 15) is 15.2 Å². The van der Waals surface area contributed by atoms with Crippen molar-refractivity contribution in [2.24, 2.45) is 0 Å². The summed E-state index contributed by atoms with van der Waals surface area (Å²) in [7, 11) is 0. The van der Waals surface area contributed by atoms with Gasteiger partial charge in [-0.05, 0) is 24.0 Å². The third-order valence-corrected chi connectivity index (χ3v) is 2.63. The first-order valence-corrected chi connectivity index (χ1v) is 5.66. The summed E-state index contributed by atoms with van der Waals surface area (Å²) in [6.45, 7) is 5.89. The van der Waals surface area contributed by atoms with Crippen molar-refractivity contribution in [1.82, 2.24) is 0 Å². The first kappa shape index (κ1) is 13.4. The number of hydrogen-bond acceptors (Lipinski definition) is 3. The smallest absolute Gasteiger partial charge is 0.269 e. The van der Waals surface area contributed by atoms with Gasteiger partial charge in [-0.3, -0.25) is 10.1 Å². The van der Waals surface area contributed by atoms with E-state index in [2.05, 4.69) is 13.5 Å². The maximum Gasteiger partial charge on any atom is 0.269 e. The van der Waals surface area contributed by atoms with Crippen LogP contribution < -0.4 is 0 Å². The van der Waals surface area contributed by atoms with Gasteiger partial charge in [-0.1, -0.05) is 32.1 Å². The van der Waals surface area contributed by atoms with E-state index in [4.69, 9.17) is 0 Å². The topological polar surface area (TPSA) is 63.4 Å². The van der Waals surface area contributed by atoms with E-state index in [0.29, 0.717) is 11.1 Å². The fourth-order valence-corrected chi connectivity index (χ4v) is 1.58. The largest absolute Gasteiger partial charge is 0.384 e. The van der Waals surface area contributed by atoms with Crippen LogP contribution >= 0.6 is 0 Å². The quantitative estimate of drug-likeness (QED) is 0.467. The summed E-state index contributed by atoms with van der Waals surface area (Å²) < 4.78 is 0. The van der Waals surface area contributed by atoms with Crippen LogP contribution in [0.25, 0.3) is 0 Å². The van der Waals surface area contributed by atoms with Crippen molar-refractivity contribution in [1.29, 1.82) is 0 Å². The Morgan fingerprint density at radius 3 is 2.88 bits per heavy atom. The van der Waals surface area contributed by atoms with Crippen LogP contribution in [0, 0.1) is 10.1 Å². The lowest BCUT2D eigenvalue weighted by Gasteiger charge is -2.13. The fraction of sp³-hybridized carbons (Fsp3) is 0.385. The monoisotopic (exact) mass is 235 g/mol. The summed E-state index contributed by atoms with van der Waals surface area (Å²) in [6.07, 6.45) is 1.91. The van der Waals surface area contributed by atoms with E-state index in [1.54, 1.807) is 12.1 Å². The number of aliphatic hydroxyl groups is 1. The number of nitro benzene ring substituents is 1. The standard InChI is InChI=1S/C13H17NO3/c1-3-4-6-10(2)13(15)11-7-5-8-12(9-11)14(16)17/h5,7-9,13,15H,2-4,6H2,1H3. The molecule has 0 saturated carbocycles. The van der Waals surface area contributed by atoms with Gasteiger partial charge in [0.1, 0.15) is 6.10 Å². The molecule has 1 N–H and O–H groups in total. The number of benzene rings is 1. The zero-order chi connectivity index (χ0) is 12.8. The molecule has 0 aliphatic rings. The zero-order valence-electron chi connectivity index (χ0n) is 9.93. The average molecular weight is 235 g/mol. The maximum absolute atomic E-state index is 10.6. The van der Waals surface area contributed by atoms with Crippen LogP contribution in [0.4, 0.5) is 5.69 Å². The van der Waals surface area contributed by atoms with E-state index in [-0.39, 0.29) is 5.69 Å². The van der Waals surface area contributed by atoms with Crippen LogP contribution in [0.5, 0.6) is 0 Å². The lowest BCUT2D eigenvalue weighted by Crippen LogP contribution is -2.01. The van der Waals surface area contributed by atoms with Crippen LogP contribution in [0.15, 0.2) is 36.4 Å². The van der Waals surface area contributed by atoms with Gasteiger partial charge in [0.2, 0.25) is 0 Å². The van der Waals surface area contributed by atoms with Crippen molar-refractivity contribution < 1.29 is 10.0 Å². The first-order chi connectivity index (χ1) is 8.06. The van der Waals surface area contributed by atoms with Crippen LogP contribution in [-0.2, 0) is 0 Å². The van der Waals surface area contributed by atoms with Crippen molar-refractivity contribution >= 4 is 5.69 Å². The van der Waals surface area contributed by atoms with Gasteiger partial charge in [-0.15, -0.1) is 0 Å². The minimum atomic E-state index is -0.818. The van der Waals surface area contributed by atoms with Gasteiger partial charge >= 0.3 is 0 Å². The molecule has 0 radical (unpaired) electrons. The molecule has 0 heterocycles. The molecule has 4 nitrogen and oxygen atoms in total. The molecule has 1 aromatic rings. The Morgan fingerprint density at radius 2 is 2.29 bits per heavy atom. The zero-order valence-corrected chi connectivity index (χ0v) is 9.93. The van der Waals surface area contributed by atoms with E-state index in [1.807, 2.05) is 0 Å². The molecule has 0 aromatic heterocycles. The number of non-ortho nitro benzene ring substituents is 1. The molecule has 92 valence electrons.